The van der Waals surface area contributed by atoms with Gasteiger partial charge in [-0.05, 0) is 48.7 Å². The number of hydrogen-bond donors (Lipinski definition) is 1. The zero-order valence-corrected chi connectivity index (χ0v) is 14.9. The van der Waals surface area contributed by atoms with Gasteiger partial charge in [0.05, 0.1) is 12.2 Å². The fraction of sp³-hybridized carbons (Fsp3) is 0.368. The molecule has 0 radical (unpaired) electrons. The highest BCUT2D eigenvalue weighted by Gasteiger charge is 2.43. The van der Waals surface area contributed by atoms with Crippen molar-refractivity contribution in [2.45, 2.75) is 24.9 Å². The van der Waals surface area contributed by atoms with Crippen molar-refractivity contribution in [3.8, 4) is 0 Å². The molecule has 4 rings (SSSR count). The number of ether oxygens (including phenoxy) is 1. The van der Waals surface area contributed by atoms with Crippen LogP contribution in [0.25, 0.3) is 0 Å². The maximum absolute atomic E-state index is 13.0. The quantitative estimate of drug-likeness (QED) is 0.875. The van der Waals surface area contributed by atoms with Crippen LogP contribution in [0.5, 0.6) is 0 Å². The molecule has 3 heterocycles. The molecule has 2 aromatic rings. The van der Waals surface area contributed by atoms with Gasteiger partial charge < -0.3 is 14.7 Å². The van der Waals surface area contributed by atoms with E-state index in [2.05, 4.69) is 0 Å². The Morgan fingerprint density at radius 3 is 2.54 bits per heavy atom. The lowest BCUT2D eigenvalue weighted by atomic mass is 9.82. The van der Waals surface area contributed by atoms with Gasteiger partial charge in [-0.1, -0.05) is 0 Å². The van der Waals surface area contributed by atoms with Crippen LogP contribution in [0, 0.1) is 5.82 Å². The monoisotopic (exact) mass is 375 g/mol. The van der Waals surface area contributed by atoms with E-state index in [-0.39, 0.29) is 11.7 Å². The number of thiophene rings is 1. The van der Waals surface area contributed by atoms with Crippen LogP contribution >= 0.6 is 11.3 Å². The third kappa shape index (κ3) is 2.91. The third-order valence-electron chi connectivity index (χ3n) is 5.17. The van der Waals surface area contributed by atoms with Crippen LogP contribution in [-0.2, 0) is 16.8 Å². The van der Waals surface area contributed by atoms with Crippen molar-refractivity contribution in [2.24, 2.45) is 0 Å². The zero-order chi connectivity index (χ0) is 18.3. The summed E-state index contributed by atoms with van der Waals surface area (Å²) in [6.07, 6.45) is 1.98. The molecule has 0 aliphatic carbocycles. The third-order valence-corrected chi connectivity index (χ3v) is 6.35. The van der Waals surface area contributed by atoms with Gasteiger partial charge in [0.1, 0.15) is 10.7 Å². The second-order valence-corrected chi connectivity index (χ2v) is 7.78. The molecule has 2 aliphatic heterocycles. The fourth-order valence-electron chi connectivity index (χ4n) is 3.78. The Hall–Kier alpha value is -2.25. The van der Waals surface area contributed by atoms with Crippen LogP contribution in [0.15, 0.2) is 30.3 Å². The summed E-state index contributed by atoms with van der Waals surface area (Å²) in [7, 11) is 0. The van der Waals surface area contributed by atoms with Gasteiger partial charge in [0.25, 0.3) is 5.91 Å². The van der Waals surface area contributed by atoms with Crippen molar-refractivity contribution in [3.05, 3.63) is 57.0 Å². The minimum atomic E-state index is -0.913. The number of amides is 1. The number of halogens is 1. The number of hydrogen-bond acceptors (Lipinski definition) is 4. The number of aromatic carboxylic acids is 1. The summed E-state index contributed by atoms with van der Waals surface area (Å²) in [4.78, 5) is 27.1. The lowest BCUT2D eigenvalue weighted by molar-refractivity contribution is -0.0926. The Bertz CT molecular complexity index is 853. The molecule has 136 valence electrons. The number of carbonyl (C=O) groups excluding carboxylic acids is 1. The SMILES string of the molecule is O=C(O)c1cc2c(s1)CCOC21CCN(C(=O)c2ccc(F)cc2)CC1. The number of likely N-dealkylation sites (tertiary alicyclic amines) is 1. The second-order valence-electron chi connectivity index (χ2n) is 6.64. The average molecular weight is 375 g/mol. The maximum atomic E-state index is 13.0. The predicted molar refractivity (Wildman–Crippen MR) is 94.1 cm³/mol. The Balaban J connectivity index is 1.53. The van der Waals surface area contributed by atoms with Crippen LogP contribution in [0.4, 0.5) is 4.39 Å². The molecular weight excluding hydrogens is 357 g/mol. The lowest BCUT2D eigenvalue weighted by Gasteiger charge is -2.44. The van der Waals surface area contributed by atoms with Crippen LogP contribution < -0.4 is 0 Å². The molecule has 1 aromatic heterocycles. The Labute approximate surface area is 154 Å². The fourth-order valence-corrected chi connectivity index (χ4v) is 4.85. The highest BCUT2D eigenvalue weighted by molar-refractivity contribution is 7.14. The summed E-state index contributed by atoms with van der Waals surface area (Å²) >= 11 is 1.32. The second kappa shape index (κ2) is 6.48. The first-order chi connectivity index (χ1) is 12.5. The van der Waals surface area contributed by atoms with Crippen molar-refractivity contribution < 1.29 is 23.8 Å². The number of carboxylic acids is 1. The molecule has 1 aromatic carbocycles. The van der Waals surface area contributed by atoms with Crippen LogP contribution in [0.3, 0.4) is 0 Å². The van der Waals surface area contributed by atoms with Gasteiger partial charge in [-0.25, -0.2) is 9.18 Å². The number of fused-ring (bicyclic) bond motifs is 2. The summed E-state index contributed by atoms with van der Waals surface area (Å²) in [5.41, 5.74) is 0.938. The normalized spacial score (nSPS) is 18.6. The van der Waals surface area contributed by atoms with Gasteiger partial charge in [0.2, 0.25) is 0 Å². The molecule has 2 aliphatic rings. The van der Waals surface area contributed by atoms with E-state index in [4.69, 9.17) is 4.74 Å². The smallest absolute Gasteiger partial charge is 0.345 e. The van der Waals surface area contributed by atoms with Gasteiger partial charge in [0.15, 0.2) is 0 Å². The summed E-state index contributed by atoms with van der Waals surface area (Å²) in [6.45, 7) is 1.61. The number of nitrogens with zero attached hydrogens (tertiary/aromatic N) is 1. The van der Waals surface area contributed by atoms with E-state index in [0.717, 1.165) is 16.9 Å². The van der Waals surface area contributed by atoms with Gasteiger partial charge in [-0.3, -0.25) is 4.79 Å². The summed E-state index contributed by atoms with van der Waals surface area (Å²) in [6, 6.07) is 7.30. The van der Waals surface area contributed by atoms with Gasteiger partial charge in [-0.15, -0.1) is 11.3 Å². The van der Waals surface area contributed by atoms with Gasteiger partial charge in [0, 0.05) is 30.0 Å². The zero-order valence-electron chi connectivity index (χ0n) is 14.0. The molecule has 1 fully saturated rings. The molecule has 1 spiro atoms. The largest absolute Gasteiger partial charge is 0.477 e. The number of carbonyl (C=O) groups is 2. The number of benzene rings is 1. The minimum Gasteiger partial charge on any atom is -0.477 e. The highest BCUT2D eigenvalue weighted by atomic mass is 32.1. The number of rotatable bonds is 2. The van der Waals surface area contributed by atoms with Crippen molar-refractivity contribution in [1.29, 1.82) is 0 Å². The summed E-state index contributed by atoms with van der Waals surface area (Å²) in [5, 5.41) is 9.27. The molecule has 0 saturated carbocycles. The standard InChI is InChI=1S/C19H18FNO4S/c20-13-3-1-12(2-4-13)17(22)21-8-6-19(7-9-21)14-11-16(18(23)24)26-15(14)5-10-25-19/h1-4,11H,5-10H2,(H,23,24). The number of carboxylic acid groups (broad SMARTS) is 1. The first kappa shape index (κ1) is 17.2. The molecule has 0 atom stereocenters. The topological polar surface area (TPSA) is 66.8 Å². The molecule has 26 heavy (non-hydrogen) atoms. The molecule has 0 unspecified atom stereocenters. The molecule has 7 heteroatoms. The molecule has 1 saturated heterocycles. The van der Waals surface area contributed by atoms with Crippen molar-refractivity contribution in [3.63, 3.8) is 0 Å². The van der Waals surface area contributed by atoms with E-state index < -0.39 is 11.6 Å². The van der Waals surface area contributed by atoms with Gasteiger partial charge in [-0.2, -0.15) is 0 Å². The van der Waals surface area contributed by atoms with E-state index in [1.54, 1.807) is 11.0 Å². The van der Waals surface area contributed by atoms with Crippen molar-refractivity contribution in [1.82, 2.24) is 4.90 Å². The summed E-state index contributed by atoms with van der Waals surface area (Å²) in [5.74, 6) is -1.40. The van der Waals surface area contributed by atoms with Crippen molar-refractivity contribution >= 4 is 23.2 Å². The Morgan fingerprint density at radius 2 is 1.88 bits per heavy atom. The number of piperidine rings is 1. The maximum Gasteiger partial charge on any atom is 0.345 e. The van der Waals surface area contributed by atoms with Crippen LogP contribution in [0.1, 0.15) is 43.3 Å². The molecule has 5 nitrogen and oxygen atoms in total. The van der Waals surface area contributed by atoms with E-state index in [9.17, 15) is 19.1 Å². The predicted octanol–water partition coefficient (Wildman–Crippen LogP) is 3.29. The first-order valence-electron chi connectivity index (χ1n) is 8.54. The van der Waals surface area contributed by atoms with E-state index in [1.165, 1.54) is 35.6 Å². The van der Waals surface area contributed by atoms with Crippen molar-refractivity contribution in [2.75, 3.05) is 19.7 Å². The van der Waals surface area contributed by atoms with E-state index >= 15 is 0 Å². The Morgan fingerprint density at radius 1 is 1.19 bits per heavy atom. The first-order valence-corrected chi connectivity index (χ1v) is 9.35. The molecule has 0 bridgehead atoms. The van der Waals surface area contributed by atoms with Gasteiger partial charge >= 0.3 is 5.97 Å². The minimum absolute atomic E-state index is 0.118. The van der Waals surface area contributed by atoms with Crippen LogP contribution in [-0.4, -0.2) is 41.6 Å². The molecule has 1 amide bonds. The highest BCUT2D eigenvalue weighted by Crippen LogP contribution is 2.44. The summed E-state index contributed by atoms with van der Waals surface area (Å²) < 4.78 is 19.1. The Kier molecular flexibility index (Phi) is 4.28. The molecule has 1 N–H and O–H groups in total. The van der Waals surface area contributed by atoms with E-state index in [0.29, 0.717) is 43.0 Å². The lowest BCUT2D eigenvalue weighted by Crippen LogP contribution is -2.48. The van der Waals surface area contributed by atoms with E-state index in [1.807, 2.05) is 0 Å². The molecular formula is C19H18FNO4S. The van der Waals surface area contributed by atoms with Crippen LogP contribution in [0.2, 0.25) is 0 Å². The average Bonchev–Trinajstić information content (AvgIpc) is 3.09.